The lowest BCUT2D eigenvalue weighted by Crippen LogP contribution is -1.94. The number of nitrogens with zero attached hydrogens (tertiary/aromatic N) is 1. The molecule has 0 amide bonds. The van der Waals surface area contributed by atoms with E-state index in [9.17, 15) is 8.78 Å². The van der Waals surface area contributed by atoms with E-state index in [1.807, 2.05) is 12.1 Å². The van der Waals surface area contributed by atoms with E-state index in [0.29, 0.717) is 5.56 Å². The van der Waals surface area contributed by atoms with E-state index in [-0.39, 0.29) is 12.2 Å². The maximum atomic E-state index is 13.3. The maximum absolute atomic E-state index is 13.3. The summed E-state index contributed by atoms with van der Waals surface area (Å²) in [7, 11) is 0. The van der Waals surface area contributed by atoms with Crippen molar-refractivity contribution in [1.82, 2.24) is 0 Å². The number of halogens is 3. The van der Waals surface area contributed by atoms with Crippen LogP contribution in [0, 0.1) is 11.6 Å². The Morgan fingerprint density at radius 2 is 2.00 bits per heavy atom. The van der Waals surface area contributed by atoms with Gasteiger partial charge in [-0.05, 0) is 30.3 Å². The number of rotatable bonds is 4. The summed E-state index contributed by atoms with van der Waals surface area (Å²) in [6.07, 6.45) is 2.65. The third kappa shape index (κ3) is 4.13. The molecule has 0 aliphatic carbocycles. The van der Waals surface area contributed by atoms with Crippen molar-refractivity contribution >= 4 is 22.1 Å². The van der Waals surface area contributed by atoms with Gasteiger partial charge >= 0.3 is 0 Å². The standard InChI is InChI=1S/C14H9BrF2NO/c15-12-3-1-2-10(6-12)8-18-19-9-11-7-13(16)4-5-14(11)17/h1-7H,9H2. The molecule has 0 aliphatic heterocycles. The van der Waals surface area contributed by atoms with Crippen molar-refractivity contribution in [2.75, 3.05) is 0 Å². The Morgan fingerprint density at radius 1 is 1.16 bits per heavy atom. The van der Waals surface area contributed by atoms with Gasteiger partial charge in [0.25, 0.3) is 0 Å². The molecule has 19 heavy (non-hydrogen) atoms. The van der Waals surface area contributed by atoms with E-state index in [1.165, 1.54) is 0 Å². The summed E-state index contributed by atoms with van der Waals surface area (Å²) in [6, 6.07) is 10.5. The molecule has 0 saturated heterocycles. The number of hydrogen-bond acceptors (Lipinski definition) is 2. The van der Waals surface area contributed by atoms with Crippen LogP contribution in [0.1, 0.15) is 11.1 Å². The molecule has 0 N–H and O–H groups in total. The zero-order valence-corrected chi connectivity index (χ0v) is 11.3. The third-order valence-electron chi connectivity index (χ3n) is 2.29. The van der Waals surface area contributed by atoms with E-state index in [4.69, 9.17) is 4.84 Å². The summed E-state index contributed by atoms with van der Waals surface area (Å²) in [5, 5.41) is 3.59. The fourth-order valence-corrected chi connectivity index (χ4v) is 1.80. The van der Waals surface area contributed by atoms with Gasteiger partial charge in [-0.2, -0.15) is 0 Å². The van der Waals surface area contributed by atoms with Crippen molar-refractivity contribution in [2.45, 2.75) is 6.61 Å². The van der Waals surface area contributed by atoms with Gasteiger partial charge in [-0.15, -0.1) is 0 Å². The minimum absolute atomic E-state index is 0.111. The Morgan fingerprint density at radius 3 is 2.79 bits per heavy atom. The van der Waals surface area contributed by atoms with Crippen LogP contribution in [0.15, 0.2) is 52.1 Å². The molecule has 5 heteroatoms. The second-order valence-electron chi connectivity index (χ2n) is 3.72. The average Bonchev–Trinajstić information content (AvgIpc) is 2.39. The number of hydrogen-bond donors (Lipinski definition) is 0. The predicted molar refractivity (Wildman–Crippen MR) is 71.8 cm³/mol. The molecular weight excluding hydrogens is 316 g/mol. The van der Waals surface area contributed by atoms with Gasteiger partial charge in [0.1, 0.15) is 24.5 Å². The summed E-state index contributed by atoms with van der Waals surface area (Å²) in [5.41, 5.74) is 0.828. The quantitative estimate of drug-likeness (QED) is 0.611. The molecule has 0 aliphatic rings. The maximum Gasteiger partial charge on any atom is 0.145 e. The summed E-state index contributed by atoms with van der Waals surface area (Å²) < 4.78 is 27.0. The first kappa shape index (κ1) is 13.7. The van der Waals surface area contributed by atoms with Crippen LogP contribution in [0.4, 0.5) is 8.78 Å². The lowest BCUT2D eigenvalue weighted by molar-refractivity contribution is 0.129. The van der Waals surface area contributed by atoms with E-state index >= 15 is 0 Å². The smallest absolute Gasteiger partial charge is 0.145 e. The third-order valence-corrected chi connectivity index (χ3v) is 2.78. The average molecular weight is 325 g/mol. The van der Waals surface area contributed by atoms with Gasteiger partial charge < -0.3 is 4.84 Å². The van der Waals surface area contributed by atoms with Gasteiger partial charge in [-0.25, -0.2) is 8.78 Å². The van der Waals surface area contributed by atoms with Crippen LogP contribution in [0.2, 0.25) is 0 Å². The van der Waals surface area contributed by atoms with Gasteiger partial charge in [0.15, 0.2) is 0 Å². The highest BCUT2D eigenvalue weighted by atomic mass is 79.9. The van der Waals surface area contributed by atoms with Crippen LogP contribution < -0.4 is 0 Å². The zero-order chi connectivity index (χ0) is 13.7. The monoisotopic (exact) mass is 324 g/mol. The predicted octanol–water partition coefficient (Wildman–Crippen LogP) is 4.16. The van der Waals surface area contributed by atoms with Gasteiger partial charge in [0.05, 0.1) is 0 Å². The van der Waals surface area contributed by atoms with Crippen molar-refractivity contribution in [2.24, 2.45) is 5.16 Å². The van der Waals surface area contributed by atoms with Gasteiger partial charge in [-0.3, -0.25) is 0 Å². The highest BCUT2D eigenvalue weighted by molar-refractivity contribution is 9.10. The highest BCUT2D eigenvalue weighted by Crippen LogP contribution is 2.12. The van der Waals surface area contributed by atoms with E-state index in [1.54, 1.807) is 12.1 Å². The Kier molecular flexibility index (Phi) is 4.63. The van der Waals surface area contributed by atoms with Crippen LogP contribution in [0.5, 0.6) is 0 Å². The van der Waals surface area contributed by atoms with Crippen LogP contribution >= 0.6 is 15.9 Å². The highest BCUT2D eigenvalue weighted by Gasteiger charge is 2.03. The molecule has 0 aromatic heterocycles. The van der Waals surface area contributed by atoms with Crippen molar-refractivity contribution in [3.05, 3.63) is 69.7 Å². The SMILES string of the molecule is Fc1ccc(F)c(CO/N=[C]\c2cccc(Br)c2)c1. The fraction of sp³-hybridized carbons (Fsp3) is 0.0714. The summed E-state index contributed by atoms with van der Waals surface area (Å²) in [5.74, 6) is -1.04. The molecule has 97 valence electrons. The van der Waals surface area contributed by atoms with Crippen molar-refractivity contribution < 1.29 is 13.6 Å². The molecule has 0 atom stereocenters. The van der Waals surface area contributed by atoms with Gasteiger partial charge in [0, 0.05) is 15.6 Å². The molecule has 0 heterocycles. The minimum Gasteiger partial charge on any atom is -0.390 e. The summed E-state index contributed by atoms with van der Waals surface area (Å²) in [6.45, 7) is -0.148. The fourth-order valence-electron chi connectivity index (χ4n) is 1.40. The first-order chi connectivity index (χ1) is 9.15. The molecule has 0 saturated carbocycles. The summed E-state index contributed by atoms with van der Waals surface area (Å²) >= 11 is 3.31. The van der Waals surface area contributed by atoms with Crippen molar-refractivity contribution in [3.8, 4) is 0 Å². The lowest BCUT2D eigenvalue weighted by atomic mass is 10.2. The molecule has 0 bridgehead atoms. The number of benzene rings is 2. The van der Waals surface area contributed by atoms with E-state index < -0.39 is 11.6 Å². The van der Waals surface area contributed by atoms with Crippen LogP contribution in [0.25, 0.3) is 0 Å². The van der Waals surface area contributed by atoms with Gasteiger partial charge in [-0.1, -0.05) is 33.2 Å². The van der Waals surface area contributed by atoms with Crippen molar-refractivity contribution in [3.63, 3.8) is 0 Å². The largest absolute Gasteiger partial charge is 0.390 e. The molecule has 0 fully saturated rings. The Bertz CT molecular complexity index is 602. The van der Waals surface area contributed by atoms with Gasteiger partial charge in [0.2, 0.25) is 0 Å². The molecule has 1 radical (unpaired) electrons. The first-order valence-corrected chi connectivity index (χ1v) is 6.22. The molecule has 2 aromatic carbocycles. The molecule has 2 nitrogen and oxygen atoms in total. The molecule has 2 aromatic rings. The second kappa shape index (κ2) is 6.43. The minimum atomic E-state index is -0.529. The summed E-state index contributed by atoms with van der Waals surface area (Å²) in [4.78, 5) is 4.89. The lowest BCUT2D eigenvalue weighted by Gasteiger charge is -2.01. The molecule has 0 unspecified atom stereocenters. The topological polar surface area (TPSA) is 21.6 Å². The Balaban J connectivity index is 1.95. The Labute approximate surface area is 117 Å². The Hall–Kier alpha value is -1.75. The van der Waals surface area contributed by atoms with E-state index in [0.717, 1.165) is 22.7 Å². The molecule has 0 spiro atoms. The second-order valence-corrected chi connectivity index (χ2v) is 4.64. The van der Waals surface area contributed by atoms with Crippen LogP contribution in [0.3, 0.4) is 0 Å². The van der Waals surface area contributed by atoms with Crippen LogP contribution in [-0.4, -0.2) is 6.21 Å². The zero-order valence-electron chi connectivity index (χ0n) is 9.74. The molecular formula is C14H9BrF2NO. The van der Waals surface area contributed by atoms with E-state index in [2.05, 4.69) is 27.3 Å². The normalized spacial score (nSPS) is 10.9. The van der Waals surface area contributed by atoms with Crippen molar-refractivity contribution in [1.29, 1.82) is 0 Å². The molecule has 2 rings (SSSR count). The first-order valence-electron chi connectivity index (χ1n) is 5.42. The van der Waals surface area contributed by atoms with Crippen LogP contribution in [-0.2, 0) is 11.4 Å².